The zero-order valence-corrected chi connectivity index (χ0v) is 11.7. The molecular formula is C16H25NO. The van der Waals surface area contributed by atoms with Crippen LogP contribution in [0, 0.1) is 5.41 Å². The first kappa shape index (κ1) is 13.6. The van der Waals surface area contributed by atoms with E-state index in [-0.39, 0.29) is 12.0 Å². The lowest BCUT2D eigenvalue weighted by atomic mass is 9.80. The van der Waals surface area contributed by atoms with Gasteiger partial charge in [0.15, 0.2) is 0 Å². The fourth-order valence-corrected chi connectivity index (χ4v) is 2.67. The number of aliphatic hydroxyl groups excluding tert-OH is 1. The lowest BCUT2D eigenvalue weighted by Gasteiger charge is -2.33. The Morgan fingerprint density at radius 2 is 1.89 bits per heavy atom. The number of benzene rings is 1. The minimum Gasteiger partial charge on any atom is -0.396 e. The Kier molecular flexibility index (Phi) is 4.08. The molecule has 2 nitrogen and oxygen atoms in total. The summed E-state index contributed by atoms with van der Waals surface area (Å²) in [6.07, 6.45) is 2.44. The maximum atomic E-state index is 9.32. The van der Waals surface area contributed by atoms with E-state index in [0.29, 0.717) is 12.0 Å². The second-order valence-corrected chi connectivity index (χ2v) is 6.36. The highest BCUT2D eigenvalue weighted by molar-refractivity contribution is 5.34. The van der Waals surface area contributed by atoms with Crippen LogP contribution in [0.4, 0.5) is 0 Å². The molecule has 2 N–H and O–H groups in total. The van der Waals surface area contributed by atoms with Crippen molar-refractivity contribution in [2.75, 3.05) is 13.2 Å². The Labute approximate surface area is 110 Å². The molecule has 2 rings (SSSR count). The summed E-state index contributed by atoms with van der Waals surface area (Å²) >= 11 is 0. The van der Waals surface area contributed by atoms with Crippen molar-refractivity contribution in [3.8, 4) is 0 Å². The lowest BCUT2D eigenvalue weighted by Crippen LogP contribution is -2.36. The maximum absolute atomic E-state index is 9.32. The molecule has 0 saturated carbocycles. The SMILES string of the molecule is CC1CCC(NCC(C)(C)CO)c2ccccc21. The topological polar surface area (TPSA) is 32.3 Å². The molecule has 2 heteroatoms. The molecule has 1 aliphatic rings. The Morgan fingerprint density at radius 3 is 2.56 bits per heavy atom. The van der Waals surface area contributed by atoms with E-state index in [1.807, 2.05) is 0 Å². The highest BCUT2D eigenvalue weighted by atomic mass is 16.3. The summed E-state index contributed by atoms with van der Waals surface area (Å²) in [5.74, 6) is 0.671. The Morgan fingerprint density at radius 1 is 1.22 bits per heavy atom. The quantitative estimate of drug-likeness (QED) is 0.856. The van der Waals surface area contributed by atoms with Gasteiger partial charge in [0.25, 0.3) is 0 Å². The molecule has 0 amide bonds. The molecule has 2 unspecified atom stereocenters. The number of aliphatic hydroxyl groups is 1. The van der Waals surface area contributed by atoms with E-state index in [1.165, 1.54) is 24.0 Å². The third-order valence-electron chi connectivity index (χ3n) is 4.05. The molecule has 18 heavy (non-hydrogen) atoms. The number of nitrogens with one attached hydrogen (secondary N) is 1. The molecule has 0 fully saturated rings. The molecule has 100 valence electrons. The Balaban J connectivity index is 2.10. The molecule has 1 aromatic carbocycles. The van der Waals surface area contributed by atoms with E-state index in [0.717, 1.165) is 6.54 Å². The zero-order valence-electron chi connectivity index (χ0n) is 11.7. The highest BCUT2D eigenvalue weighted by Gasteiger charge is 2.26. The minimum atomic E-state index is -0.0436. The number of fused-ring (bicyclic) bond motifs is 1. The van der Waals surface area contributed by atoms with Crippen LogP contribution in [0.3, 0.4) is 0 Å². The van der Waals surface area contributed by atoms with Crippen LogP contribution in [-0.2, 0) is 0 Å². The van der Waals surface area contributed by atoms with Gasteiger partial charge in [-0.25, -0.2) is 0 Å². The van der Waals surface area contributed by atoms with Crippen LogP contribution in [0.5, 0.6) is 0 Å². The molecule has 0 radical (unpaired) electrons. The smallest absolute Gasteiger partial charge is 0.0494 e. The van der Waals surface area contributed by atoms with Gasteiger partial charge in [0.1, 0.15) is 0 Å². The van der Waals surface area contributed by atoms with Crippen molar-refractivity contribution in [1.82, 2.24) is 5.32 Å². The van der Waals surface area contributed by atoms with Gasteiger partial charge in [-0.2, -0.15) is 0 Å². The third-order valence-corrected chi connectivity index (χ3v) is 4.05. The van der Waals surface area contributed by atoms with Gasteiger partial charge in [0.05, 0.1) is 0 Å². The molecule has 0 spiro atoms. The molecule has 2 atom stereocenters. The molecule has 1 aromatic rings. The van der Waals surface area contributed by atoms with Gasteiger partial charge in [0, 0.05) is 24.6 Å². The monoisotopic (exact) mass is 247 g/mol. The fourth-order valence-electron chi connectivity index (χ4n) is 2.67. The first-order valence-electron chi connectivity index (χ1n) is 6.96. The van der Waals surface area contributed by atoms with Crippen LogP contribution in [0.1, 0.15) is 56.7 Å². The van der Waals surface area contributed by atoms with Crippen LogP contribution in [0.15, 0.2) is 24.3 Å². The van der Waals surface area contributed by atoms with Crippen LogP contribution in [-0.4, -0.2) is 18.3 Å². The minimum absolute atomic E-state index is 0.0436. The van der Waals surface area contributed by atoms with E-state index in [2.05, 4.69) is 50.4 Å². The molecule has 0 aliphatic heterocycles. The van der Waals surface area contributed by atoms with Gasteiger partial charge >= 0.3 is 0 Å². The molecular weight excluding hydrogens is 222 g/mol. The second kappa shape index (κ2) is 5.41. The van der Waals surface area contributed by atoms with Gasteiger partial charge in [-0.3, -0.25) is 0 Å². The van der Waals surface area contributed by atoms with Gasteiger partial charge in [-0.1, -0.05) is 45.0 Å². The lowest BCUT2D eigenvalue weighted by molar-refractivity contribution is 0.151. The van der Waals surface area contributed by atoms with E-state index in [9.17, 15) is 5.11 Å². The number of rotatable bonds is 4. The van der Waals surface area contributed by atoms with Crippen molar-refractivity contribution < 1.29 is 5.11 Å². The summed E-state index contributed by atoms with van der Waals surface area (Å²) in [7, 11) is 0. The normalized spacial score (nSPS) is 23.8. The molecule has 0 aromatic heterocycles. The summed E-state index contributed by atoms with van der Waals surface area (Å²) < 4.78 is 0. The van der Waals surface area contributed by atoms with Crippen molar-refractivity contribution in [1.29, 1.82) is 0 Å². The predicted molar refractivity (Wildman–Crippen MR) is 75.7 cm³/mol. The van der Waals surface area contributed by atoms with Gasteiger partial charge in [-0.15, -0.1) is 0 Å². The fraction of sp³-hybridized carbons (Fsp3) is 0.625. The first-order chi connectivity index (χ1) is 8.53. The van der Waals surface area contributed by atoms with E-state index in [4.69, 9.17) is 0 Å². The van der Waals surface area contributed by atoms with E-state index < -0.39 is 0 Å². The van der Waals surface area contributed by atoms with Crippen LogP contribution in [0.25, 0.3) is 0 Å². The van der Waals surface area contributed by atoms with Crippen molar-refractivity contribution in [2.24, 2.45) is 5.41 Å². The van der Waals surface area contributed by atoms with Crippen LogP contribution >= 0.6 is 0 Å². The van der Waals surface area contributed by atoms with Crippen molar-refractivity contribution in [3.63, 3.8) is 0 Å². The van der Waals surface area contributed by atoms with Gasteiger partial charge in [-0.05, 0) is 29.9 Å². The third kappa shape index (κ3) is 2.93. The van der Waals surface area contributed by atoms with Gasteiger partial charge < -0.3 is 10.4 Å². The molecule has 0 heterocycles. The summed E-state index contributed by atoms with van der Waals surface area (Å²) in [5.41, 5.74) is 2.89. The summed E-state index contributed by atoms with van der Waals surface area (Å²) in [5, 5.41) is 13.0. The van der Waals surface area contributed by atoms with E-state index in [1.54, 1.807) is 0 Å². The summed E-state index contributed by atoms with van der Waals surface area (Å²) in [4.78, 5) is 0. The number of hydrogen-bond donors (Lipinski definition) is 2. The largest absolute Gasteiger partial charge is 0.396 e. The van der Waals surface area contributed by atoms with Crippen molar-refractivity contribution in [2.45, 2.75) is 45.6 Å². The maximum Gasteiger partial charge on any atom is 0.0494 e. The first-order valence-corrected chi connectivity index (χ1v) is 6.96. The Bertz CT molecular complexity index is 400. The average Bonchev–Trinajstić information content (AvgIpc) is 2.38. The highest BCUT2D eigenvalue weighted by Crippen LogP contribution is 2.37. The second-order valence-electron chi connectivity index (χ2n) is 6.36. The standard InChI is InChI=1S/C16H25NO/c1-12-8-9-15(17-10-16(2,3)11-18)14-7-5-4-6-13(12)14/h4-7,12,15,17-18H,8-11H2,1-3H3. The van der Waals surface area contributed by atoms with Crippen molar-refractivity contribution >= 4 is 0 Å². The van der Waals surface area contributed by atoms with Crippen LogP contribution in [0.2, 0.25) is 0 Å². The van der Waals surface area contributed by atoms with Crippen LogP contribution < -0.4 is 5.32 Å². The summed E-state index contributed by atoms with van der Waals surface area (Å²) in [6, 6.07) is 9.21. The summed E-state index contributed by atoms with van der Waals surface area (Å²) in [6.45, 7) is 7.59. The molecule has 1 aliphatic carbocycles. The molecule has 0 saturated heterocycles. The Hall–Kier alpha value is -0.860. The van der Waals surface area contributed by atoms with Crippen molar-refractivity contribution in [3.05, 3.63) is 35.4 Å². The molecule has 0 bridgehead atoms. The average molecular weight is 247 g/mol. The van der Waals surface area contributed by atoms with E-state index >= 15 is 0 Å². The van der Waals surface area contributed by atoms with Gasteiger partial charge in [0.2, 0.25) is 0 Å². The zero-order chi connectivity index (χ0) is 13.2. The predicted octanol–water partition coefficient (Wildman–Crippen LogP) is 3.23. The number of hydrogen-bond acceptors (Lipinski definition) is 2.